The fourth-order valence-corrected chi connectivity index (χ4v) is 2.30. The van der Waals surface area contributed by atoms with Gasteiger partial charge >= 0.3 is 0 Å². The van der Waals surface area contributed by atoms with Crippen molar-refractivity contribution in [1.29, 1.82) is 0 Å². The van der Waals surface area contributed by atoms with E-state index in [9.17, 15) is 23.8 Å². The minimum atomic E-state index is -1.02. The lowest BCUT2D eigenvalue weighted by molar-refractivity contribution is -0.126. The van der Waals surface area contributed by atoms with Crippen molar-refractivity contribution in [3.8, 4) is 5.75 Å². The second-order valence-electron chi connectivity index (χ2n) is 5.03. The Balaban J connectivity index is 1.84. The van der Waals surface area contributed by atoms with Gasteiger partial charge in [-0.25, -0.2) is 8.78 Å². The van der Waals surface area contributed by atoms with Gasteiger partial charge in [-0.2, -0.15) is 0 Å². The predicted octanol–water partition coefficient (Wildman–Crippen LogP) is 0.734. The summed E-state index contributed by atoms with van der Waals surface area (Å²) in [5.41, 5.74) is 0. The van der Waals surface area contributed by atoms with Crippen molar-refractivity contribution in [2.75, 3.05) is 6.61 Å². The van der Waals surface area contributed by atoms with Gasteiger partial charge in [-0.15, -0.1) is 0 Å². The molecule has 0 spiro atoms. The SMILES string of the molecule is O=C(COc1ccc(F)cc1F)N[C@@H]1CCC[C@@H](O)[C@@H]1O. The Morgan fingerprint density at radius 3 is 2.81 bits per heavy atom. The van der Waals surface area contributed by atoms with E-state index in [2.05, 4.69) is 5.32 Å². The molecule has 7 heteroatoms. The monoisotopic (exact) mass is 301 g/mol. The number of carbonyl (C=O) groups is 1. The van der Waals surface area contributed by atoms with Crippen LogP contribution >= 0.6 is 0 Å². The fraction of sp³-hybridized carbons (Fsp3) is 0.500. The average Bonchev–Trinajstić information content (AvgIpc) is 2.43. The van der Waals surface area contributed by atoms with Crippen LogP contribution in [-0.2, 0) is 4.79 Å². The van der Waals surface area contributed by atoms with Crippen molar-refractivity contribution in [3.63, 3.8) is 0 Å². The third-order valence-electron chi connectivity index (χ3n) is 3.42. The highest BCUT2D eigenvalue weighted by atomic mass is 19.1. The molecule has 1 aliphatic carbocycles. The number of ether oxygens (including phenoxy) is 1. The van der Waals surface area contributed by atoms with E-state index in [0.29, 0.717) is 25.3 Å². The van der Waals surface area contributed by atoms with Gasteiger partial charge in [0.25, 0.3) is 5.91 Å². The number of aliphatic hydroxyl groups is 2. The summed E-state index contributed by atoms with van der Waals surface area (Å²) in [5, 5.41) is 21.8. The highest BCUT2D eigenvalue weighted by molar-refractivity contribution is 5.77. The Morgan fingerprint density at radius 2 is 2.10 bits per heavy atom. The second-order valence-corrected chi connectivity index (χ2v) is 5.03. The molecule has 0 aromatic heterocycles. The van der Waals surface area contributed by atoms with E-state index in [1.807, 2.05) is 0 Å². The van der Waals surface area contributed by atoms with Crippen molar-refractivity contribution in [1.82, 2.24) is 5.32 Å². The first-order valence-electron chi connectivity index (χ1n) is 6.70. The molecule has 1 aromatic carbocycles. The predicted molar refractivity (Wildman–Crippen MR) is 69.6 cm³/mol. The lowest BCUT2D eigenvalue weighted by atomic mass is 9.90. The van der Waals surface area contributed by atoms with Crippen LogP contribution in [0, 0.1) is 11.6 Å². The number of hydrogen-bond donors (Lipinski definition) is 3. The summed E-state index contributed by atoms with van der Waals surface area (Å²) in [5.74, 6) is -2.40. The summed E-state index contributed by atoms with van der Waals surface area (Å²) in [4.78, 5) is 11.7. The molecule has 21 heavy (non-hydrogen) atoms. The Morgan fingerprint density at radius 1 is 1.33 bits per heavy atom. The van der Waals surface area contributed by atoms with Crippen LogP contribution in [0.15, 0.2) is 18.2 Å². The molecule has 1 aromatic rings. The van der Waals surface area contributed by atoms with Gasteiger partial charge in [0, 0.05) is 6.07 Å². The molecule has 3 atom stereocenters. The minimum Gasteiger partial charge on any atom is -0.481 e. The zero-order valence-electron chi connectivity index (χ0n) is 11.3. The molecular weight excluding hydrogens is 284 g/mol. The van der Waals surface area contributed by atoms with Gasteiger partial charge in [-0.05, 0) is 31.4 Å². The smallest absolute Gasteiger partial charge is 0.258 e. The van der Waals surface area contributed by atoms with Crippen LogP contribution in [0.5, 0.6) is 5.75 Å². The molecule has 1 saturated carbocycles. The molecule has 0 radical (unpaired) electrons. The van der Waals surface area contributed by atoms with E-state index >= 15 is 0 Å². The minimum absolute atomic E-state index is 0.226. The zero-order chi connectivity index (χ0) is 15.4. The van der Waals surface area contributed by atoms with Gasteiger partial charge in [0.1, 0.15) is 5.82 Å². The van der Waals surface area contributed by atoms with Crippen LogP contribution in [0.4, 0.5) is 8.78 Å². The summed E-state index contributed by atoms with van der Waals surface area (Å²) in [6.45, 7) is -0.456. The third-order valence-corrected chi connectivity index (χ3v) is 3.42. The van der Waals surface area contributed by atoms with E-state index in [4.69, 9.17) is 4.74 Å². The van der Waals surface area contributed by atoms with Crippen molar-refractivity contribution < 1.29 is 28.5 Å². The molecule has 0 unspecified atom stereocenters. The molecule has 3 N–H and O–H groups in total. The first kappa shape index (κ1) is 15.7. The molecule has 0 bridgehead atoms. The number of hydrogen-bond acceptors (Lipinski definition) is 4. The maximum absolute atomic E-state index is 13.3. The molecule has 5 nitrogen and oxygen atoms in total. The number of aliphatic hydroxyl groups excluding tert-OH is 2. The van der Waals surface area contributed by atoms with Gasteiger partial charge in [0.2, 0.25) is 0 Å². The number of carbonyl (C=O) groups excluding carboxylic acids is 1. The quantitative estimate of drug-likeness (QED) is 0.766. The first-order valence-corrected chi connectivity index (χ1v) is 6.70. The number of halogens is 2. The largest absolute Gasteiger partial charge is 0.481 e. The maximum Gasteiger partial charge on any atom is 0.258 e. The molecule has 116 valence electrons. The zero-order valence-corrected chi connectivity index (χ0v) is 11.3. The number of amides is 1. The molecule has 0 saturated heterocycles. The summed E-state index contributed by atoms with van der Waals surface area (Å²) >= 11 is 0. The Bertz CT molecular complexity index is 512. The third kappa shape index (κ3) is 4.12. The van der Waals surface area contributed by atoms with E-state index in [1.54, 1.807) is 0 Å². The fourth-order valence-electron chi connectivity index (χ4n) is 2.30. The van der Waals surface area contributed by atoms with E-state index in [-0.39, 0.29) is 5.75 Å². The van der Waals surface area contributed by atoms with E-state index < -0.39 is 42.4 Å². The lowest BCUT2D eigenvalue weighted by Crippen LogP contribution is -2.51. The normalized spacial score (nSPS) is 25.4. The first-order chi connectivity index (χ1) is 9.97. The molecule has 1 fully saturated rings. The van der Waals surface area contributed by atoms with Crippen LogP contribution < -0.4 is 10.1 Å². The Hall–Kier alpha value is -1.73. The number of benzene rings is 1. The Labute approximate surface area is 120 Å². The second kappa shape index (κ2) is 6.82. The van der Waals surface area contributed by atoms with Gasteiger partial charge in [-0.1, -0.05) is 0 Å². The Kier molecular flexibility index (Phi) is 5.08. The summed E-state index contributed by atoms with van der Waals surface area (Å²) in [7, 11) is 0. The van der Waals surface area contributed by atoms with Crippen LogP contribution in [-0.4, -0.2) is 41.0 Å². The van der Waals surface area contributed by atoms with Crippen LogP contribution in [0.1, 0.15) is 19.3 Å². The van der Waals surface area contributed by atoms with Gasteiger partial charge in [-0.3, -0.25) is 4.79 Å². The van der Waals surface area contributed by atoms with Crippen molar-refractivity contribution >= 4 is 5.91 Å². The van der Waals surface area contributed by atoms with E-state index in [1.165, 1.54) is 0 Å². The molecule has 2 rings (SSSR count). The van der Waals surface area contributed by atoms with Crippen molar-refractivity contribution in [2.45, 2.75) is 37.5 Å². The maximum atomic E-state index is 13.3. The summed E-state index contributed by atoms with van der Waals surface area (Å²) in [6, 6.07) is 2.23. The highest BCUT2D eigenvalue weighted by Gasteiger charge is 2.31. The molecule has 0 aliphatic heterocycles. The van der Waals surface area contributed by atoms with Crippen molar-refractivity contribution in [3.05, 3.63) is 29.8 Å². The van der Waals surface area contributed by atoms with Crippen molar-refractivity contribution in [2.24, 2.45) is 0 Å². The standard InChI is InChI=1S/C14H17F2NO4/c15-8-4-5-12(9(16)6-8)21-7-13(19)17-10-2-1-3-11(18)14(10)20/h4-6,10-11,14,18,20H,1-3,7H2,(H,17,19)/t10-,11-,14-/m1/s1. The van der Waals surface area contributed by atoms with E-state index in [0.717, 1.165) is 12.1 Å². The van der Waals surface area contributed by atoms with Gasteiger partial charge in [0.05, 0.1) is 18.2 Å². The van der Waals surface area contributed by atoms with Crippen LogP contribution in [0.3, 0.4) is 0 Å². The lowest BCUT2D eigenvalue weighted by Gasteiger charge is -2.32. The number of nitrogens with one attached hydrogen (secondary N) is 1. The van der Waals surface area contributed by atoms with Gasteiger partial charge in [0.15, 0.2) is 18.2 Å². The highest BCUT2D eigenvalue weighted by Crippen LogP contribution is 2.20. The summed E-state index contributed by atoms with van der Waals surface area (Å²) in [6.07, 6.45) is -0.152. The molecule has 1 amide bonds. The number of rotatable bonds is 4. The van der Waals surface area contributed by atoms with Crippen LogP contribution in [0.2, 0.25) is 0 Å². The summed E-state index contributed by atoms with van der Waals surface area (Å²) < 4.78 is 31.0. The molecule has 0 heterocycles. The van der Waals surface area contributed by atoms with Crippen LogP contribution in [0.25, 0.3) is 0 Å². The molecular formula is C14H17F2NO4. The van der Waals surface area contributed by atoms with Gasteiger partial charge < -0.3 is 20.3 Å². The molecule has 1 aliphatic rings. The topological polar surface area (TPSA) is 78.8 Å². The average molecular weight is 301 g/mol.